The lowest BCUT2D eigenvalue weighted by Crippen LogP contribution is -2.19. The molecule has 2 aromatic rings. The molecule has 0 unspecified atom stereocenters. The average Bonchev–Trinajstić information content (AvgIpc) is 2.65. The van der Waals surface area contributed by atoms with Crippen LogP contribution in [0.1, 0.15) is 16.7 Å². The number of oxime groups is 1. The summed E-state index contributed by atoms with van der Waals surface area (Å²) in [6, 6.07) is 13.0. The standard InChI is InChI=1S/C19H16Br3NO4/c1-25-19(24)18(23-26-2)14-6-4-3-5-13(14)11-27-16-8-7-12(9-15(16)20)10-17(21)22/h3-10H,11H2,1-2H3. The van der Waals surface area contributed by atoms with Crippen LogP contribution in [0, 0.1) is 0 Å². The van der Waals surface area contributed by atoms with Gasteiger partial charge in [-0.25, -0.2) is 4.79 Å². The van der Waals surface area contributed by atoms with E-state index in [-0.39, 0.29) is 12.3 Å². The first-order valence-electron chi connectivity index (χ1n) is 7.69. The fraction of sp³-hybridized carbons (Fsp3) is 0.158. The number of rotatable bonds is 7. The molecular formula is C19H16Br3NO4. The summed E-state index contributed by atoms with van der Waals surface area (Å²) in [5, 5.41) is 3.80. The lowest BCUT2D eigenvalue weighted by atomic mass is 10.0. The molecule has 0 bridgehead atoms. The summed E-state index contributed by atoms with van der Waals surface area (Å²) in [7, 11) is 2.67. The van der Waals surface area contributed by atoms with Gasteiger partial charge in [0.05, 0.1) is 15.0 Å². The second-order valence-corrected chi connectivity index (χ2v) is 8.81. The molecule has 0 heterocycles. The summed E-state index contributed by atoms with van der Waals surface area (Å²) in [6.07, 6.45) is 1.92. The van der Waals surface area contributed by atoms with E-state index in [0.29, 0.717) is 11.3 Å². The van der Waals surface area contributed by atoms with Crippen LogP contribution in [0.4, 0.5) is 0 Å². The predicted octanol–water partition coefficient (Wildman–Crippen LogP) is 5.64. The normalized spacial score (nSPS) is 10.9. The molecule has 0 saturated carbocycles. The van der Waals surface area contributed by atoms with Crippen molar-refractivity contribution < 1.29 is 19.1 Å². The highest BCUT2D eigenvalue weighted by atomic mass is 79.9. The second-order valence-electron chi connectivity index (χ2n) is 5.18. The number of benzene rings is 2. The van der Waals surface area contributed by atoms with Crippen molar-refractivity contribution in [3.63, 3.8) is 0 Å². The maximum Gasteiger partial charge on any atom is 0.360 e. The Morgan fingerprint density at radius 2 is 1.89 bits per heavy atom. The van der Waals surface area contributed by atoms with Gasteiger partial charge in [0.15, 0.2) is 5.71 Å². The summed E-state index contributed by atoms with van der Waals surface area (Å²) in [5.41, 5.74) is 2.45. The van der Waals surface area contributed by atoms with Crippen molar-refractivity contribution in [2.24, 2.45) is 5.16 Å². The van der Waals surface area contributed by atoms with Gasteiger partial charge in [0.25, 0.3) is 0 Å². The van der Waals surface area contributed by atoms with Gasteiger partial charge in [0, 0.05) is 5.56 Å². The minimum Gasteiger partial charge on any atom is -0.488 e. The van der Waals surface area contributed by atoms with Crippen molar-refractivity contribution >= 4 is 65.5 Å². The highest BCUT2D eigenvalue weighted by Gasteiger charge is 2.19. The Hall–Kier alpha value is -1.64. The van der Waals surface area contributed by atoms with E-state index in [0.717, 1.165) is 19.0 Å². The van der Waals surface area contributed by atoms with E-state index in [1.165, 1.54) is 14.2 Å². The van der Waals surface area contributed by atoms with Crippen molar-refractivity contribution in [2.45, 2.75) is 6.61 Å². The first kappa shape index (κ1) is 21.7. The van der Waals surface area contributed by atoms with Crippen LogP contribution in [-0.2, 0) is 21.0 Å². The molecule has 0 N–H and O–H groups in total. The van der Waals surface area contributed by atoms with Gasteiger partial charge >= 0.3 is 5.97 Å². The lowest BCUT2D eigenvalue weighted by molar-refractivity contribution is -0.132. The molecule has 0 aliphatic heterocycles. The Morgan fingerprint density at radius 1 is 1.15 bits per heavy atom. The summed E-state index contributed by atoms with van der Waals surface area (Å²) in [4.78, 5) is 16.8. The van der Waals surface area contributed by atoms with Gasteiger partial charge in [0.2, 0.25) is 0 Å². The van der Waals surface area contributed by atoms with Crippen LogP contribution in [0.3, 0.4) is 0 Å². The zero-order valence-electron chi connectivity index (χ0n) is 14.5. The molecule has 2 aromatic carbocycles. The second kappa shape index (κ2) is 10.6. The van der Waals surface area contributed by atoms with Gasteiger partial charge in [0.1, 0.15) is 19.5 Å². The molecule has 0 aliphatic rings. The van der Waals surface area contributed by atoms with Gasteiger partial charge in [-0.1, -0.05) is 35.5 Å². The summed E-state index contributed by atoms with van der Waals surface area (Å²) >= 11 is 10.2. The van der Waals surface area contributed by atoms with E-state index in [4.69, 9.17) is 14.3 Å². The lowest BCUT2D eigenvalue weighted by Gasteiger charge is -2.13. The monoisotopic (exact) mass is 559 g/mol. The molecule has 0 fully saturated rings. The van der Waals surface area contributed by atoms with Gasteiger partial charge < -0.3 is 14.3 Å². The maximum absolute atomic E-state index is 12.0. The number of methoxy groups -OCH3 is 1. The fourth-order valence-corrected chi connectivity index (χ4v) is 3.31. The molecule has 5 nitrogen and oxygen atoms in total. The quantitative estimate of drug-likeness (QED) is 0.249. The molecular weight excluding hydrogens is 546 g/mol. The number of carbonyl (C=O) groups excluding carboxylic acids is 1. The van der Waals surface area contributed by atoms with Crippen LogP contribution in [0.5, 0.6) is 5.75 Å². The third-order valence-electron chi connectivity index (χ3n) is 3.45. The molecule has 2 rings (SSSR count). The Bertz CT molecular complexity index is 877. The van der Waals surface area contributed by atoms with Crippen LogP contribution in [-0.4, -0.2) is 25.9 Å². The molecule has 27 heavy (non-hydrogen) atoms. The van der Waals surface area contributed by atoms with E-state index >= 15 is 0 Å². The Morgan fingerprint density at radius 3 is 2.52 bits per heavy atom. The average molecular weight is 562 g/mol. The highest BCUT2D eigenvalue weighted by Crippen LogP contribution is 2.29. The van der Waals surface area contributed by atoms with Crippen LogP contribution in [0.15, 0.2) is 55.5 Å². The van der Waals surface area contributed by atoms with E-state index in [1.54, 1.807) is 6.07 Å². The molecule has 0 saturated heterocycles. The molecule has 0 atom stereocenters. The van der Waals surface area contributed by atoms with Gasteiger partial charge in [-0.15, -0.1) is 0 Å². The van der Waals surface area contributed by atoms with Crippen LogP contribution in [0.2, 0.25) is 0 Å². The van der Waals surface area contributed by atoms with Crippen molar-refractivity contribution in [1.82, 2.24) is 0 Å². The number of esters is 1. The molecule has 8 heteroatoms. The Labute approximate surface area is 182 Å². The fourth-order valence-electron chi connectivity index (χ4n) is 2.27. The third-order valence-corrected chi connectivity index (χ3v) is 4.53. The van der Waals surface area contributed by atoms with Crippen molar-refractivity contribution in [3.8, 4) is 5.75 Å². The molecule has 0 aliphatic carbocycles. The topological polar surface area (TPSA) is 57.1 Å². The zero-order chi connectivity index (χ0) is 19.8. The van der Waals surface area contributed by atoms with Crippen LogP contribution in [0.25, 0.3) is 6.08 Å². The summed E-state index contributed by atoms with van der Waals surface area (Å²) in [5.74, 6) is 0.0953. The first-order chi connectivity index (χ1) is 13.0. The number of hydrogen-bond acceptors (Lipinski definition) is 5. The molecule has 0 aromatic heterocycles. The van der Waals surface area contributed by atoms with Gasteiger partial charge in [-0.05, 0) is 77.1 Å². The van der Waals surface area contributed by atoms with Crippen LogP contribution < -0.4 is 4.74 Å². The maximum atomic E-state index is 12.0. The summed E-state index contributed by atoms with van der Waals surface area (Å²) < 4.78 is 12.4. The minimum absolute atomic E-state index is 0.0842. The Kier molecular flexibility index (Phi) is 8.53. The third kappa shape index (κ3) is 6.19. The molecule has 142 valence electrons. The van der Waals surface area contributed by atoms with Gasteiger partial charge in [-0.3, -0.25) is 0 Å². The highest BCUT2D eigenvalue weighted by molar-refractivity contribution is 9.28. The zero-order valence-corrected chi connectivity index (χ0v) is 19.3. The minimum atomic E-state index is -0.582. The largest absolute Gasteiger partial charge is 0.488 e. The Balaban J connectivity index is 2.26. The van der Waals surface area contributed by atoms with Crippen molar-refractivity contribution in [1.29, 1.82) is 0 Å². The first-order valence-corrected chi connectivity index (χ1v) is 10.1. The number of hydrogen-bond donors (Lipinski definition) is 0. The predicted molar refractivity (Wildman–Crippen MR) is 116 cm³/mol. The van der Waals surface area contributed by atoms with Crippen molar-refractivity contribution in [3.05, 3.63) is 67.0 Å². The number of nitrogens with zero attached hydrogens (tertiary/aromatic N) is 1. The van der Waals surface area contributed by atoms with E-state index < -0.39 is 5.97 Å². The molecule has 0 radical (unpaired) electrons. The number of halogens is 3. The summed E-state index contributed by atoms with van der Waals surface area (Å²) in [6.45, 7) is 0.242. The van der Waals surface area contributed by atoms with E-state index in [1.807, 2.05) is 42.5 Å². The molecule has 0 spiro atoms. The number of carbonyl (C=O) groups is 1. The molecule has 0 amide bonds. The van der Waals surface area contributed by atoms with Crippen LogP contribution >= 0.6 is 47.8 Å². The smallest absolute Gasteiger partial charge is 0.360 e. The van der Waals surface area contributed by atoms with Crippen molar-refractivity contribution in [2.75, 3.05) is 14.2 Å². The van der Waals surface area contributed by atoms with Gasteiger partial charge in [-0.2, -0.15) is 0 Å². The van der Waals surface area contributed by atoms with E-state index in [9.17, 15) is 4.79 Å². The SMILES string of the molecule is CON=C(C(=O)OC)c1ccccc1COc1ccc(C=C(Br)Br)cc1Br. The number of ether oxygens (including phenoxy) is 2. The van der Waals surface area contributed by atoms with E-state index in [2.05, 4.69) is 52.9 Å².